The average Bonchev–Trinajstić information content (AvgIpc) is 2.43. The van der Waals surface area contributed by atoms with Crippen molar-refractivity contribution in [1.29, 1.82) is 0 Å². The van der Waals surface area contributed by atoms with Gasteiger partial charge >= 0.3 is 0 Å². The van der Waals surface area contributed by atoms with Crippen LogP contribution in [-0.2, 0) is 4.79 Å². The average molecular weight is 291 g/mol. The fourth-order valence-electron chi connectivity index (χ4n) is 1.74. The van der Waals surface area contributed by atoms with E-state index in [1.165, 1.54) is 0 Å². The van der Waals surface area contributed by atoms with Gasteiger partial charge in [0.05, 0.1) is 11.0 Å². The van der Waals surface area contributed by atoms with Crippen LogP contribution in [0.2, 0.25) is 0 Å². The molecule has 0 radical (unpaired) electrons. The van der Waals surface area contributed by atoms with Crippen LogP contribution in [0.3, 0.4) is 0 Å². The molecular formula is C16H25N3O2. The lowest BCUT2D eigenvalue weighted by atomic mass is 9.92. The summed E-state index contributed by atoms with van der Waals surface area (Å²) < 4.78 is 0. The van der Waals surface area contributed by atoms with Gasteiger partial charge in [0.1, 0.15) is 0 Å². The third kappa shape index (κ3) is 4.77. The first kappa shape index (κ1) is 17.0. The molecule has 116 valence electrons. The van der Waals surface area contributed by atoms with E-state index in [0.717, 1.165) is 24.2 Å². The number of benzene rings is 1. The normalized spacial score (nSPS) is 11.0. The second-order valence-corrected chi connectivity index (χ2v) is 5.91. The highest BCUT2D eigenvalue weighted by molar-refractivity contribution is 6.00. The van der Waals surface area contributed by atoms with E-state index in [9.17, 15) is 9.59 Å². The zero-order chi connectivity index (χ0) is 16.0. The van der Waals surface area contributed by atoms with Crippen LogP contribution in [0.1, 0.15) is 43.1 Å². The summed E-state index contributed by atoms with van der Waals surface area (Å²) >= 11 is 0. The number of anilines is 1. The highest BCUT2D eigenvalue weighted by atomic mass is 16.2. The molecule has 5 nitrogen and oxygen atoms in total. The number of nitrogens with two attached hydrogens (primary N) is 1. The summed E-state index contributed by atoms with van der Waals surface area (Å²) in [6.45, 7) is 8.44. The number of primary amides is 1. The SMILES string of the molecule is CCCNc1ccc(C)cc1C(=O)NCC(C)(C)C(N)=O. The van der Waals surface area contributed by atoms with Crippen molar-refractivity contribution >= 4 is 17.5 Å². The quantitative estimate of drug-likeness (QED) is 0.719. The first-order chi connectivity index (χ1) is 9.77. The van der Waals surface area contributed by atoms with Crippen molar-refractivity contribution in [2.75, 3.05) is 18.4 Å². The topological polar surface area (TPSA) is 84.2 Å². The molecule has 2 amide bonds. The Bertz CT molecular complexity index is 524. The summed E-state index contributed by atoms with van der Waals surface area (Å²) in [5.74, 6) is -0.636. The van der Waals surface area contributed by atoms with Gasteiger partial charge in [0, 0.05) is 18.8 Å². The second kappa shape index (κ2) is 7.11. The van der Waals surface area contributed by atoms with E-state index >= 15 is 0 Å². The van der Waals surface area contributed by atoms with Gasteiger partial charge in [-0.3, -0.25) is 9.59 Å². The molecule has 0 saturated heterocycles. The number of hydrogen-bond donors (Lipinski definition) is 3. The van der Waals surface area contributed by atoms with Crippen molar-refractivity contribution in [1.82, 2.24) is 5.32 Å². The molecule has 0 bridgehead atoms. The van der Waals surface area contributed by atoms with E-state index in [1.807, 2.05) is 25.1 Å². The molecule has 5 heteroatoms. The Morgan fingerprint density at radius 2 is 1.95 bits per heavy atom. The molecule has 4 N–H and O–H groups in total. The van der Waals surface area contributed by atoms with Crippen LogP contribution in [-0.4, -0.2) is 24.9 Å². The van der Waals surface area contributed by atoms with Gasteiger partial charge in [-0.05, 0) is 39.3 Å². The van der Waals surface area contributed by atoms with Crippen LogP contribution in [0.25, 0.3) is 0 Å². The van der Waals surface area contributed by atoms with Gasteiger partial charge in [-0.1, -0.05) is 18.6 Å². The number of nitrogens with one attached hydrogen (secondary N) is 2. The van der Waals surface area contributed by atoms with E-state index in [-0.39, 0.29) is 12.5 Å². The maximum Gasteiger partial charge on any atom is 0.253 e. The van der Waals surface area contributed by atoms with Crippen LogP contribution in [0.4, 0.5) is 5.69 Å². The lowest BCUT2D eigenvalue weighted by molar-refractivity contribution is -0.125. The van der Waals surface area contributed by atoms with Gasteiger partial charge in [0.25, 0.3) is 5.91 Å². The number of carbonyl (C=O) groups excluding carboxylic acids is 2. The molecule has 0 atom stereocenters. The van der Waals surface area contributed by atoms with Gasteiger partial charge in [-0.2, -0.15) is 0 Å². The zero-order valence-electron chi connectivity index (χ0n) is 13.2. The van der Waals surface area contributed by atoms with Gasteiger partial charge in [0.2, 0.25) is 5.91 Å². The van der Waals surface area contributed by atoms with Crippen LogP contribution < -0.4 is 16.4 Å². The molecule has 21 heavy (non-hydrogen) atoms. The van der Waals surface area contributed by atoms with Crippen LogP contribution in [0, 0.1) is 12.3 Å². The number of rotatable bonds is 7. The van der Waals surface area contributed by atoms with Gasteiger partial charge in [0.15, 0.2) is 0 Å². The minimum atomic E-state index is -0.767. The summed E-state index contributed by atoms with van der Waals surface area (Å²) in [5, 5.41) is 6.02. The Hall–Kier alpha value is -2.04. The molecule has 1 aromatic rings. The van der Waals surface area contributed by atoms with Gasteiger partial charge < -0.3 is 16.4 Å². The lowest BCUT2D eigenvalue weighted by Crippen LogP contribution is -2.42. The highest BCUT2D eigenvalue weighted by Gasteiger charge is 2.26. The molecule has 0 aliphatic carbocycles. The fourth-order valence-corrected chi connectivity index (χ4v) is 1.74. The Morgan fingerprint density at radius 1 is 1.29 bits per heavy atom. The third-order valence-electron chi connectivity index (χ3n) is 3.34. The van der Waals surface area contributed by atoms with Crippen LogP contribution >= 0.6 is 0 Å². The Morgan fingerprint density at radius 3 is 2.52 bits per heavy atom. The molecule has 0 spiro atoms. The van der Waals surface area contributed by atoms with E-state index in [4.69, 9.17) is 5.73 Å². The minimum Gasteiger partial charge on any atom is -0.384 e. The minimum absolute atomic E-state index is 0.202. The maximum atomic E-state index is 12.3. The summed E-state index contributed by atoms with van der Waals surface area (Å²) in [4.78, 5) is 23.6. The lowest BCUT2D eigenvalue weighted by Gasteiger charge is -2.21. The summed E-state index contributed by atoms with van der Waals surface area (Å²) in [6.07, 6.45) is 0.976. The molecule has 0 heterocycles. The third-order valence-corrected chi connectivity index (χ3v) is 3.34. The van der Waals surface area contributed by atoms with Crippen molar-refractivity contribution in [3.8, 4) is 0 Å². The van der Waals surface area contributed by atoms with Crippen molar-refractivity contribution in [2.24, 2.45) is 11.1 Å². The molecule has 1 aromatic carbocycles. The smallest absolute Gasteiger partial charge is 0.253 e. The van der Waals surface area contributed by atoms with E-state index in [1.54, 1.807) is 13.8 Å². The maximum absolute atomic E-state index is 12.3. The molecule has 0 fully saturated rings. The summed E-state index contributed by atoms with van der Waals surface area (Å²) in [6, 6.07) is 5.70. The largest absolute Gasteiger partial charge is 0.384 e. The fraction of sp³-hybridized carbons (Fsp3) is 0.500. The first-order valence-electron chi connectivity index (χ1n) is 7.20. The zero-order valence-corrected chi connectivity index (χ0v) is 13.2. The van der Waals surface area contributed by atoms with E-state index in [0.29, 0.717) is 5.56 Å². The molecule has 0 unspecified atom stereocenters. The molecule has 0 aromatic heterocycles. The first-order valence-corrected chi connectivity index (χ1v) is 7.20. The second-order valence-electron chi connectivity index (χ2n) is 5.91. The number of hydrogen-bond acceptors (Lipinski definition) is 3. The van der Waals surface area contributed by atoms with E-state index < -0.39 is 11.3 Å². The van der Waals surface area contributed by atoms with Crippen molar-refractivity contribution in [3.05, 3.63) is 29.3 Å². The molecule has 0 aliphatic rings. The predicted molar refractivity (Wildman–Crippen MR) is 85.3 cm³/mol. The summed E-state index contributed by atoms with van der Waals surface area (Å²) in [5.41, 5.74) is 6.94. The van der Waals surface area contributed by atoms with Crippen molar-refractivity contribution in [2.45, 2.75) is 34.1 Å². The Kier molecular flexibility index (Phi) is 5.76. The Labute approximate surface area is 126 Å². The molecule has 1 rings (SSSR count). The summed E-state index contributed by atoms with van der Waals surface area (Å²) in [7, 11) is 0. The van der Waals surface area contributed by atoms with Crippen molar-refractivity contribution in [3.63, 3.8) is 0 Å². The molecule has 0 aliphatic heterocycles. The predicted octanol–water partition coefficient (Wildman–Crippen LogP) is 2.06. The Balaban J connectivity index is 2.86. The number of aryl methyl sites for hydroxylation is 1. The molecular weight excluding hydrogens is 266 g/mol. The monoisotopic (exact) mass is 291 g/mol. The number of amides is 2. The van der Waals surface area contributed by atoms with E-state index in [2.05, 4.69) is 17.6 Å². The van der Waals surface area contributed by atoms with Crippen LogP contribution in [0.15, 0.2) is 18.2 Å². The van der Waals surface area contributed by atoms with Crippen molar-refractivity contribution < 1.29 is 9.59 Å². The molecule has 0 saturated carbocycles. The highest BCUT2D eigenvalue weighted by Crippen LogP contribution is 2.18. The standard InChI is InChI=1S/C16H25N3O2/c1-5-8-18-13-7-6-11(2)9-12(13)14(20)19-10-16(3,4)15(17)21/h6-7,9,18H,5,8,10H2,1-4H3,(H2,17,21)(H,19,20). The van der Waals surface area contributed by atoms with Gasteiger partial charge in [-0.25, -0.2) is 0 Å². The number of carbonyl (C=O) groups is 2. The van der Waals surface area contributed by atoms with Gasteiger partial charge in [-0.15, -0.1) is 0 Å². The van der Waals surface area contributed by atoms with Crippen LogP contribution in [0.5, 0.6) is 0 Å².